The number of aromatic nitrogens is 2. The molecule has 35 heavy (non-hydrogen) atoms. The van der Waals surface area contributed by atoms with Crippen LogP contribution in [0.25, 0.3) is 11.1 Å². The van der Waals surface area contributed by atoms with Crippen molar-refractivity contribution in [3.63, 3.8) is 0 Å². The fourth-order valence-electron chi connectivity index (χ4n) is 4.13. The van der Waals surface area contributed by atoms with Crippen molar-refractivity contribution in [2.24, 2.45) is 0 Å². The van der Waals surface area contributed by atoms with Gasteiger partial charge >= 0.3 is 6.18 Å². The Morgan fingerprint density at radius 2 is 1.66 bits per heavy atom. The van der Waals surface area contributed by atoms with Gasteiger partial charge in [0, 0.05) is 28.8 Å². The van der Waals surface area contributed by atoms with Gasteiger partial charge < -0.3 is 4.74 Å². The van der Waals surface area contributed by atoms with Crippen molar-refractivity contribution in [1.82, 2.24) is 9.97 Å². The Kier molecular flexibility index (Phi) is 6.34. The summed E-state index contributed by atoms with van der Waals surface area (Å²) in [4.78, 5) is 9.12. The van der Waals surface area contributed by atoms with Crippen LogP contribution >= 0.6 is 11.9 Å². The lowest BCUT2D eigenvalue weighted by Crippen LogP contribution is -2.16. The Hall–Kier alpha value is -3.59. The van der Waals surface area contributed by atoms with Crippen LogP contribution in [0.15, 0.2) is 84.0 Å². The maximum Gasteiger partial charge on any atom is 0.416 e. The van der Waals surface area contributed by atoms with E-state index < -0.39 is 17.6 Å². The van der Waals surface area contributed by atoms with E-state index in [1.165, 1.54) is 42.3 Å². The highest BCUT2D eigenvalue weighted by atomic mass is 32.2. The molecular weight excluding hydrogens is 478 g/mol. The zero-order valence-corrected chi connectivity index (χ0v) is 19.0. The van der Waals surface area contributed by atoms with E-state index in [9.17, 15) is 17.6 Å². The second kappa shape index (κ2) is 9.58. The summed E-state index contributed by atoms with van der Waals surface area (Å²) in [6.07, 6.45) is -0.601. The van der Waals surface area contributed by atoms with E-state index in [4.69, 9.17) is 4.74 Å². The van der Waals surface area contributed by atoms with Gasteiger partial charge in [-0.15, -0.1) is 0 Å². The summed E-state index contributed by atoms with van der Waals surface area (Å²) in [5, 5.41) is 0. The van der Waals surface area contributed by atoms with Crippen molar-refractivity contribution < 1.29 is 22.3 Å². The zero-order chi connectivity index (χ0) is 24.4. The lowest BCUT2D eigenvalue weighted by Gasteiger charge is -2.29. The van der Waals surface area contributed by atoms with E-state index in [-0.39, 0.29) is 5.92 Å². The molecule has 1 aromatic heterocycles. The van der Waals surface area contributed by atoms with Crippen LogP contribution in [0.2, 0.25) is 0 Å². The molecule has 9 heteroatoms. The van der Waals surface area contributed by atoms with Crippen LogP contribution in [-0.4, -0.2) is 16.6 Å². The predicted octanol–water partition coefficient (Wildman–Crippen LogP) is 7.34. The average molecular weight is 498 g/mol. The summed E-state index contributed by atoms with van der Waals surface area (Å²) in [5.74, 6) is 0.526. The summed E-state index contributed by atoms with van der Waals surface area (Å²) in [7, 11) is 0. The molecule has 178 valence electrons. The maximum absolute atomic E-state index is 13.5. The summed E-state index contributed by atoms with van der Waals surface area (Å²) in [6, 6.07) is 16.8. The monoisotopic (exact) mass is 497 g/mol. The Balaban J connectivity index is 1.50. The van der Waals surface area contributed by atoms with Gasteiger partial charge in [-0.2, -0.15) is 13.2 Å². The number of benzene rings is 3. The highest BCUT2D eigenvalue weighted by molar-refractivity contribution is 8.00. The number of nitrogens with one attached hydrogen (secondary N) is 1. The molecule has 4 nitrogen and oxygen atoms in total. The number of halogens is 4. The standard InChI is InChI=1S/C26H19F4N3OS/c27-18-5-2-16(3-6-18)23-14-17(26(28,29)30)4-8-20(23)21-10-13-34-24-15-19(7-9-22(21)24)35-33-25-31-11-1-12-32-25/h1-9,11-12,14-15,21H,10,13H2,(H,31,32,33). The van der Waals surface area contributed by atoms with E-state index in [2.05, 4.69) is 14.7 Å². The van der Waals surface area contributed by atoms with E-state index in [1.807, 2.05) is 18.2 Å². The Bertz CT molecular complexity index is 1330. The summed E-state index contributed by atoms with van der Waals surface area (Å²) < 4.78 is 63.0. The predicted molar refractivity (Wildman–Crippen MR) is 127 cm³/mol. The third-order valence-corrected chi connectivity index (χ3v) is 6.54. The summed E-state index contributed by atoms with van der Waals surface area (Å²) in [6.45, 7) is 0.422. The molecule has 0 amide bonds. The molecule has 0 spiro atoms. The van der Waals surface area contributed by atoms with Gasteiger partial charge in [0.2, 0.25) is 5.95 Å². The van der Waals surface area contributed by atoms with Gasteiger partial charge in [-0.05, 0) is 77.5 Å². The normalized spacial score (nSPS) is 15.3. The lowest BCUT2D eigenvalue weighted by molar-refractivity contribution is -0.137. The molecule has 0 aliphatic carbocycles. The van der Waals surface area contributed by atoms with Crippen LogP contribution in [0.4, 0.5) is 23.5 Å². The number of hydrogen-bond donors (Lipinski definition) is 1. The summed E-state index contributed by atoms with van der Waals surface area (Å²) >= 11 is 1.33. The van der Waals surface area contributed by atoms with Gasteiger partial charge in [0.05, 0.1) is 12.2 Å². The summed E-state index contributed by atoms with van der Waals surface area (Å²) in [5.41, 5.74) is 1.85. The minimum Gasteiger partial charge on any atom is -0.493 e. The van der Waals surface area contributed by atoms with Crippen molar-refractivity contribution in [3.8, 4) is 16.9 Å². The Morgan fingerprint density at radius 3 is 2.40 bits per heavy atom. The molecule has 1 aliphatic rings. The van der Waals surface area contributed by atoms with Gasteiger partial charge in [0.25, 0.3) is 0 Å². The van der Waals surface area contributed by atoms with Crippen LogP contribution in [0.1, 0.15) is 29.0 Å². The SMILES string of the molecule is Fc1ccc(-c2cc(C(F)(F)F)ccc2C2CCOc3cc(SNc4ncccn4)ccc32)cc1. The molecule has 0 bridgehead atoms. The molecule has 1 N–H and O–H groups in total. The quantitative estimate of drug-likeness (QED) is 0.231. The van der Waals surface area contributed by atoms with Gasteiger partial charge in [0.15, 0.2) is 0 Å². The smallest absolute Gasteiger partial charge is 0.416 e. The Morgan fingerprint density at radius 1 is 0.914 bits per heavy atom. The fourth-order valence-corrected chi connectivity index (χ4v) is 4.75. The number of rotatable bonds is 5. The van der Waals surface area contributed by atoms with Gasteiger partial charge in [-0.1, -0.05) is 24.3 Å². The molecule has 0 radical (unpaired) electrons. The van der Waals surface area contributed by atoms with Crippen molar-refractivity contribution in [2.45, 2.75) is 23.4 Å². The molecule has 4 aromatic rings. The van der Waals surface area contributed by atoms with Crippen LogP contribution in [0, 0.1) is 5.82 Å². The first-order valence-electron chi connectivity index (χ1n) is 10.8. The lowest BCUT2D eigenvalue weighted by atomic mass is 9.82. The third kappa shape index (κ3) is 5.09. The first-order chi connectivity index (χ1) is 16.9. The number of fused-ring (bicyclic) bond motifs is 1. The van der Waals surface area contributed by atoms with Crippen LogP contribution in [-0.2, 0) is 6.18 Å². The molecule has 2 heterocycles. The third-order valence-electron chi connectivity index (χ3n) is 5.76. The molecule has 0 saturated heterocycles. The molecule has 1 atom stereocenters. The number of nitrogens with zero attached hydrogens (tertiary/aromatic N) is 2. The topological polar surface area (TPSA) is 47.0 Å². The fraction of sp³-hybridized carbons (Fsp3) is 0.154. The minimum atomic E-state index is -4.48. The number of ether oxygens (including phenoxy) is 1. The van der Waals surface area contributed by atoms with Gasteiger partial charge in [-0.25, -0.2) is 14.4 Å². The van der Waals surface area contributed by atoms with E-state index in [1.54, 1.807) is 18.5 Å². The average Bonchev–Trinajstić information content (AvgIpc) is 2.87. The highest BCUT2D eigenvalue weighted by Crippen LogP contribution is 2.44. The Labute approximate surface area is 203 Å². The molecule has 5 rings (SSSR count). The number of anilines is 1. The largest absolute Gasteiger partial charge is 0.493 e. The van der Waals surface area contributed by atoms with Crippen LogP contribution in [0.3, 0.4) is 0 Å². The highest BCUT2D eigenvalue weighted by Gasteiger charge is 2.33. The van der Waals surface area contributed by atoms with E-state index in [0.717, 1.165) is 28.2 Å². The first kappa shape index (κ1) is 23.2. The van der Waals surface area contributed by atoms with Crippen molar-refractivity contribution in [3.05, 3.63) is 102 Å². The first-order valence-corrected chi connectivity index (χ1v) is 11.6. The molecular formula is C26H19F4N3OS. The van der Waals surface area contributed by atoms with Crippen LogP contribution < -0.4 is 9.46 Å². The van der Waals surface area contributed by atoms with E-state index in [0.29, 0.717) is 35.9 Å². The number of alkyl halides is 3. The second-order valence-corrected chi connectivity index (χ2v) is 8.85. The molecule has 1 aliphatic heterocycles. The van der Waals surface area contributed by atoms with Crippen molar-refractivity contribution in [1.29, 1.82) is 0 Å². The van der Waals surface area contributed by atoms with Crippen molar-refractivity contribution >= 4 is 17.9 Å². The maximum atomic E-state index is 13.5. The zero-order valence-electron chi connectivity index (χ0n) is 18.2. The van der Waals surface area contributed by atoms with Gasteiger partial charge in [0.1, 0.15) is 11.6 Å². The number of hydrogen-bond acceptors (Lipinski definition) is 5. The molecule has 0 fully saturated rings. The molecule has 3 aromatic carbocycles. The molecule has 0 saturated carbocycles. The molecule has 1 unspecified atom stereocenters. The van der Waals surface area contributed by atoms with Crippen molar-refractivity contribution in [2.75, 3.05) is 11.3 Å². The minimum absolute atomic E-state index is 0.175. The van der Waals surface area contributed by atoms with E-state index >= 15 is 0 Å². The second-order valence-electron chi connectivity index (χ2n) is 7.97. The van der Waals surface area contributed by atoms with Crippen LogP contribution in [0.5, 0.6) is 5.75 Å². The van der Waals surface area contributed by atoms with Gasteiger partial charge in [-0.3, -0.25) is 4.72 Å².